The van der Waals surface area contributed by atoms with E-state index in [1.54, 1.807) is 10.4 Å². The topological polar surface area (TPSA) is 36.6 Å². The normalized spacial score (nSPS) is 11.8. The zero-order valence-electron chi connectivity index (χ0n) is 21.4. The van der Waals surface area contributed by atoms with Gasteiger partial charge < -0.3 is 0 Å². The molecule has 0 saturated heterocycles. The number of fused-ring (bicyclic) bond motifs is 1. The van der Waals surface area contributed by atoms with Crippen LogP contribution in [0.4, 0.5) is 5.69 Å². The minimum absolute atomic E-state index is 0.514. The molecule has 0 aliphatic heterocycles. The fourth-order valence-corrected chi connectivity index (χ4v) is 20.9. The summed E-state index contributed by atoms with van der Waals surface area (Å²) in [7, 11) is 1.39. The third-order valence-corrected chi connectivity index (χ3v) is 22.9. The van der Waals surface area contributed by atoms with Gasteiger partial charge in [-0.25, -0.2) is 0 Å². The molecule has 1 heterocycles. The van der Waals surface area contributed by atoms with Gasteiger partial charge in [0, 0.05) is 0 Å². The summed E-state index contributed by atoms with van der Waals surface area (Å²) in [6, 6.07) is 17.6. The average molecular weight is 554 g/mol. The summed E-state index contributed by atoms with van der Waals surface area (Å²) >= 11 is -2.46. The minimum atomic E-state index is -2.46. The first-order valence-corrected chi connectivity index (χ1v) is 20.5. The van der Waals surface area contributed by atoms with Crippen molar-refractivity contribution in [1.29, 1.82) is 0 Å². The van der Waals surface area contributed by atoms with Crippen molar-refractivity contribution >= 4 is 45.7 Å². The monoisotopic (exact) mass is 555 g/mol. The van der Waals surface area contributed by atoms with E-state index in [0.29, 0.717) is 0 Å². The second-order valence-electron chi connectivity index (χ2n) is 9.74. The predicted octanol–water partition coefficient (Wildman–Crippen LogP) is 7.70. The third-order valence-electron chi connectivity index (χ3n) is 7.28. The van der Waals surface area contributed by atoms with Crippen LogP contribution in [-0.2, 0) is 0 Å². The molecule has 2 aromatic carbocycles. The van der Waals surface area contributed by atoms with Crippen molar-refractivity contribution < 1.29 is 9.44 Å². The molecule has 33 heavy (non-hydrogen) atoms. The maximum atomic E-state index is 9.82. The fourth-order valence-electron chi connectivity index (χ4n) is 4.93. The summed E-state index contributed by atoms with van der Waals surface area (Å²) in [4.78, 5) is 1.85. The Bertz CT molecular complexity index is 977. The van der Waals surface area contributed by atoms with Gasteiger partial charge in [-0.3, -0.25) is 0 Å². The summed E-state index contributed by atoms with van der Waals surface area (Å²) in [5, 5.41) is 11.0. The summed E-state index contributed by atoms with van der Waals surface area (Å²) in [5.74, 6) is 0.921. The standard InChI is InChI=1S/C16H15BNO2.3C4H9.Sn/c1-17(19)18(2)14-9-7-12(8-10-14)16-11-13-5-3-4-6-15(13)20-16;3*1-3-4-2;/h3,5-11,19H,1-2H3;3*1,3-4H2,2H3;. The zero-order chi connectivity index (χ0) is 23.8. The van der Waals surface area contributed by atoms with Crippen LogP contribution in [-0.4, -0.2) is 37.5 Å². The number of benzene rings is 2. The Morgan fingerprint density at radius 1 is 0.848 bits per heavy atom. The first-order valence-electron chi connectivity index (χ1n) is 13.0. The molecule has 3 nitrogen and oxygen atoms in total. The van der Waals surface area contributed by atoms with E-state index in [-0.39, 0.29) is 0 Å². The van der Waals surface area contributed by atoms with Crippen molar-refractivity contribution in [3.63, 3.8) is 0 Å². The third kappa shape index (κ3) is 6.39. The van der Waals surface area contributed by atoms with Crippen LogP contribution in [0.3, 0.4) is 0 Å². The molecule has 1 aromatic heterocycles. The van der Waals surface area contributed by atoms with Crippen LogP contribution in [0.25, 0.3) is 22.3 Å². The van der Waals surface area contributed by atoms with Gasteiger partial charge in [0.2, 0.25) is 0 Å². The number of unbranched alkanes of at least 4 members (excludes halogenated alkanes) is 3. The van der Waals surface area contributed by atoms with Gasteiger partial charge in [-0.1, -0.05) is 0 Å². The van der Waals surface area contributed by atoms with Gasteiger partial charge in [0.1, 0.15) is 0 Å². The van der Waals surface area contributed by atoms with Crippen LogP contribution in [0.15, 0.2) is 52.9 Å². The van der Waals surface area contributed by atoms with E-state index in [1.165, 1.54) is 57.2 Å². The quantitative estimate of drug-likeness (QED) is 0.220. The van der Waals surface area contributed by atoms with E-state index in [2.05, 4.69) is 57.2 Å². The molecule has 3 aromatic rings. The first kappa shape index (κ1) is 26.2. The van der Waals surface area contributed by atoms with Gasteiger partial charge in [-0.05, 0) is 0 Å². The Morgan fingerprint density at radius 2 is 1.42 bits per heavy atom. The van der Waals surface area contributed by atoms with E-state index in [0.717, 1.165) is 22.6 Å². The molecule has 0 fully saturated rings. The second kappa shape index (κ2) is 12.3. The molecular formula is C28H42BNO2Sn. The summed E-state index contributed by atoms with van der Waals surface area (Å²) < 4.78 is 12.5. The van der Waals surface area contributed by atoms with Crippen LogP contribution in [0, 0.1) is 0 Å². The molecule has 0 saturated carbocycles. The van der Waals surface area contributed by atoms with E-state index in [9.17, 15) is 5.02 Å². The first-order chi connectivity index (χ1) is 15.9. The van der Waals surface area contributed by atoms with Crippen molar-refractivity contribution in [2.45, 2.75) is 79.4 Å². The van der Waals surface area contributed by atoms with Crippen molar-refractivity contribution in [1.82, 2.24) is 0 Å². The number of nitrogens with zero attached hydrogens (tertiary/aromatic N) is 1. The van der Waals surface area contributed by atoms with Gasteiger partial charge >= 0.3 is 206 Å². The molecular weight excluding hydrogens is 512 g/mol. The fraction of sp³-hybridized carbons (Fsp3) is 0.500. The summed E-state index contributed by atoms with van der Waals surface area (Å²) in [6.07, 6.45) is 8.01. The van der Waals surface area contributed by atoms with Crippen molar-refractivity contribution in [2.75, 3.05) is 11.9 Å². The number of rotatable bonds is 13. The molecule has 0 atom stereocenters. The number of anilines is 1. The molecule has 0 aliphatic carbocycles. The molecule has 0 radical (unpaired) electrons. The van der Waals surface area contributed by atoms with Gasteiger partial charge in [-0.15, -0.1) is 0 Å². The van der Waals surface area contributed by atoms with Crippen LogP contribution < -0.4 is 8.39 Å². The zero-order valence-corrected chi connectivity index (χ0v) is 24.2. The Labute approximate surface area is 205 Å². The molecule has 178 valence electrons. The van der Waals surface area contributed by atoms with Gasteiger partial charge in [0.25, 0.3) is 0 Å². The number of hydrogen-bond donors (Lipinski definition) is 1. The Hall–Kier alpha value is -1.40. The van der Waals surface area contributed by atoms with Crippen molar-refractivity contribution in [2.24, 2.45) is 0 Å². The maximum absolute atomic E-state index is 9.82. The van der Waals surface area contributed by atoms with Crippen molar-refractivity contribution in [3.05, 3.63) is 48.5 Å². The predicted molar refractivity (Wildman–Crippen MR) is 148 cm³/mol. The summed E-state index contributed by atoms with van der Waals surface area (Å²) in [6.45, 7) is 8.78. The summed E-state index contributed by atoms with van der Waals surface area (Å²) in [5.41, 5.74) is 3.11. The van der Waals surface area contributed by atoms with E-state index < -0.39 is 25.4 Å². The molecule has 3 rings (SSSR count). The van der Waals surface area contributed by atoms with Crippen molar-refractivity contribution in [3.8, 4) is 11.3 Å². The molecule has 0 aliphatic rings. The van der Waals surface area contributed by atoms with E-state index >= 15 is 0 Å². The number of hydrogen-bond acceptors (Lipinski definition) is 3. The molecule has 5 heteroatoms. The van der Waals surface area contributed by atoms with Gasteiger partial charge in [0.15, 0.2) is 0 Å². The van der Waals surface area contributed by atoms with Crippen LogP contribution in [0.2, 0.25) is 20.1 Å². The van der Waals surface area contributed by atoms with E-state index in [4.69, 9.17) is 4.42 Å². The number of furan rings is 1. The van der Waals surface area contributed by atoms with Crippen LogP contribution >= 0.6 is 0 Å². The Morgan fingerprint density at radius 3 is 1.94 bits per heavy atom. The molecule has 0 amide bonds. The van der Waals surface area contributed by atoms with Gasteiger partial charge in [0.05, 0.1) is 0 Å². The molecule has 0 unspecified atom stereocenters. The Kier molecular flexibility index (Phi) is 9.81. The molecule has 0 bridgehead atoms. The second-order valence-corrected chi connectivity index (χ2v) is 23.0. The average Bonchev–Trinajstić information content (AvgIpc) is 3.27. The molecule has 1 N–H and O–H groups in total. The molecule has 0 spiro atoms. The SMILES string of the molecule is CCC[CH2][Sn]([CH2]CCC)([CH2]CCC)[c]1ccc2cc(-c3ccc(N(C)B(C)O)cc3)oc2c1. The Balaban J connectivity index is 1.95. The van der Waals surface area contributed by atoms with E-state index in [1.807, 2.05) is 24.0 Å². The van der Waals surface area contributed by atoms with Gasteiger partial charge in [-0.2, -0.15) is 0 Å². The van der Waals surface area contributed by atoms with Crippen LogP contribution in [0.5, 0.6) is 0 Å². The van der Waals surface area contributed by atoms with Crippen LogP contribution in [0.1, 0.15) is 59.3 Å².